The number of amides is 1. The molecule has 3 rings (SSSR count). The van der Waals surface area contributed by atoms with Gasteiger partial charge in [0.15, 0.2) is 5.82 Å². The molecule has 0 atom stereocenters. The molecule has 1 aromatic heterocycles. The lowest BCUT2D eigenvalue weighted by Crippen LogP contribution is -2.14. The van der Waals surface area contributed by atoms with Gasteiger partial charge in [-0.2, -0.15) is 0 Å². The molecule has 0 aliphatic carbocycles. The maximum absolute atomic E-state index is 12.0. The van der Waals surface area contributed by atoms with Gasteiger partial charge in [0.1, 0.15) is 0 Å². The Kier molecular flexibility index (Phi) is 5.17. The summed E-state index contributed by atoms with van der Waals surface area (Å²) >= 11 is 7.16. The molecule has 0 aliphatic rings. The number of anilines is 1. The van der Waals surface area contributed by atoms with Gasteiger partial charge < -0.3 is 5.32 Å². The van der Waals surface area contributed by atoms with E-state index in [0.717, 1.165) is 5.56 Å². The average molecular weight is 359 g/mol. The number of carbonyl (C=O) groups excluding carboxylic acids is 1. The second-order valence-electron chi connectivity index (χ2n) is 5.18. The lowest BCUT2D eigenvalue weighted by atomic mass is 10.1. The van der Waals surface area contributed by atoms with Gasteiger partial charge in [-0.25, -0.2) is 4.98 Å². The van der Waals surface area contributed by atoms with E-state index in [1.165, 1.54) is 17.3 Å². The number of aromatic nitrogens is 3. The molecule has 3 aromatic rings. The first-order valence-electron chi connectivity index (χ1n) is 7.28. The third kappa shape index (κ3) is 4.37. The van der Waals surface area contributed by atoms with Crippen LogP contribution < -0.4 is 5.32 Å². The summed E-state index contributed by atoms with van der Waals surface area (Å²) in [5.74, 6) is 0.772. The third-order valence-corrected chi connectivity index (χ3v) is 4.31. The second-order valence-corrected chi connectivity index (χ2v) is 6.56. The van der Waals surface area contributed by atoms with Crippen molar-refractivity contribution in [3.05, 3.63) is 59.1 Å². The Morgan fingerprint density at radius 1 is 1.25 bits per heavy atom. The van der Waals surface area contributed by atoms with Gasteiger partial charge in [-0.1, -0.05) is 59.3 Å². The van der Waals surface area contributed by atoms with Crippen molar-refractivity contribution in [1.82, 2.24) is 15.2 Å². The number of hydrogen-bond donors (Lipinski definition) is 2. The van der Waals surface area contributed by atoms with Gasteiger partial charge in [0, 0.05) is 16.3 Å². The number of hydrogen-bond acceptors (Lipinski definition) is 4. The van der Waals surface area contributed by atoms with Crippen LogP contribution in [0.4, 0.5) is 5.69 Å². The molecule has 5 nitrogen and oxygen atoms in total. The van der Waals surface area contributed by atoms with E-state index in [1.54, 1.807) is 24.3 Å². The highest BCUT2D eigenvalue weighted by atomic mass is 35.5. The number of nitrogens with one attached hydrogen (secondary N) is 2. The molecular weight excluding hydrogens is 344 g/mol. The van der Waals surface area contributed by atoms with Gasteiger partial charge in [-0.3, -0.25) is 9.89 Å². The van der Waals surface area contributed by atoms with Crippen molar-refractivity contribution in [1.29, 1.82) is 0 Å². The first kappa shape index (κ1) is 16.5. The molecule has 0 aliphatic heterocycles. The van der Waals surface area contributed by atoms with Gasteiger partial charge >= 0.3 is 0 Å². The van der Waals surface area contributed by atoms with Gasteiger partial charge in [-0.05, 0) is 25.1 Å². The maximum Gasteiger partial charge on any atom is 0.234 e. The monoisotopic (exact) mass is 358 g/mol. The minimum atomic E-state index is -0.135. The van der Waals surface area contributed by atoms with Crippen LogP contribution in [0.2, 0.25) is 5.02 Å². The summed E-state index contributed by atoms with van der Waals surface area (Å²) in [7, 11) is 0. The normalized spacial score (nSPS) is 10.6. The zero-order valence-electron chi connectivity index (χ0n) is 12.9. The topological polar surface area (TPSA) is 70.7 Å². The van der Waals surface area contributed by atoms with E-state index in [4.69, 9.17) is 11.6 Å². The van der Waals surface area contributed by atoms with Gasteiger partial charge in [0.25, 0.3) is 0 Å². The predicted octanol–water partition coefficient (Wildman–Crippen LogP) is 4.16. The highest BCUT2D eigenvalue weighted by molar-refractivity contribution is 7.99. The van der Waals surface area contributed by atoms with Crippen LogP contribution in [0, 0.1) is 6.92 Å². The molecule has 0 spiro atoms. The maximum atomic E-state index is 12.0. The Hall–Kier alpha value is -2.31. The highest BCUT2D eigenvalue weighted by Gasteiger charge is 2.09. The molecule has 2 aromatic carbocycles. The Morgan fingerprint density at radius 3 is 2.79 bits per heavy atom. The number of rotatable bonds is 5. The molecule has 0 unspecified atom stereocenters. The molecule has 1 heterocycles. The minimum absolute atomic E-state index is 0.135. The minimum Gasteiger partial charge on any atom is -0.325 e. The Balaban J connectivity index is 1.57. The largest absolute Gasteiger partial charge is 0.325 e. The molecule has 7 heteroatoms. The molecular formula is C17H15ClN4OS. The first-order valence-corrected chi connectivity index (χ1v) is 8.64. The molecule has 0 saturated heterocycles. The van der Waals surface area contributed by atoms with Crippen LogP contribution in [0.1, 0.15) is 5.56 Å². The van der Waals surface area contributed by atoms with Crippen LogP contribution in [0.3, 0.4) is 0 Å². The van der Waals surface area contributed by atoms with Crippen molar-refractivity contribution in [2.24, 2.45) is 0 Å². The summed E-state index contributed by atoms with van der Waals surface area (Å²) in [6.07, 6.45) is 0. The van der Waals surface area contributed by atoms with Gasteiger partial charge in [0.2, 0.25) is 11.1 Å². The molecule has 0 radical (unpaired) electrons. The van der Waals surface area contributed by atoms with E-state index in [-0.39, 0.29) is 11.7 Å². The number of carbonyl (C=O) groups is 1. The summed E-state index contributed by atoms with van der Waals surface area (Å²) in [4.78, 5) is 16.4. The Morgan fingerprint density at radius 2 is 2.04 bits per heavy atom. The van der Waals surface area contributed by atoms with E-state index in [2.05, 4.69) is 20.5 Å². The van der Waals surface area contributed by atoms with Crippen molar-refractivity contribution in [2.75, 3.05) is 11.1 Å². The number of halogens is 1. The van der Waals surface area contributed by atoms with E-state index >= 15 is 0 Å². The molecule has 0 fully saturated rings. The van der Waals surface area contributed by atoms with Gasteiger partial charge in [-0.15, -0.1) is 5.10 Å². The lowest BCUT2D eigenvalue weighted by molar-refractivity contribution is -0.113. The van der Waals surface area contributed by atoms with Crippen LogP contribution in [-0.4, -0.2) is 26.8 Å². The van der Waals surface area contributed by atoms with Crippen molar-refractivity contribution in [3.63, 3.8) is 0 Å². The van der Waals surface area contributed by atoms with Crippen molar-refractivity contribution in [2.45, 2.75) is 12.1 Å². The fourth-order valence-corrected chi connectivity index (χ4v) is 2.83. The van der Waals surface area contributed by atoms with Crippen molar-refractivity contribution >= 4 is 35.0 Å². The Bertz CT molecular complexity index is 848. The number of benzene rings is 2. The highest BCUT2D eigenvalue weighted by Crippen LogP contribution is 2.20. The number of H-pyrrole nitrogens is 1. The fourth-order valence-electron chi connectivity index (χ4n) is 2.04. The Labute approximate surface area is 148 Å². The SMILES string of the molecule is Cc1ccc(-c2nc(SCC(=O)Nc3cccc(Cl)c3)n[nH]2)cc1. The molecule has 24 heavy (non-hydrogen) atoms. The van der Waals surface area contributed by atoms with E-state index in [1.807, 2.05) is 31.2 Å². The fraction of sp³-hybridized carbons (Fsp3) is 0.118. The third-order valence-electron chi connectivity index (χ3n) is 3.23. The van der Waals surface area contributed by atoms with Crippen LogP contribution >= 0.6 is 23.4 Å². The van der Waals surface area contributed by atoms with Crippen LogP contribution in [0.15, 0.2) is 53.7 Å². The number of nitrogens with zero attached hydrogens (tertiary/aromatic N) is 2. The molecule has 0 saturated carbocycles. The van der Waals surface area contributed by atoms with Crippen LogP contribution in [0.25, 0.3) is 11.4 Å². The average Bonchev–Trinajstić information content (AvgIpc) is 3.03. The van der Waals surface area contributed by atoms with Crippen LogP contribution in [0.5, 0.6) is 0 Å². The van der Waals surface area contributed by atoms with E-state index in [0.29, 0.717) is 21.7 Å². The van der Waals surface area contributed by atoms with Crippen molar-refractivity contribution < 1.29 is 4.79 Å². The lowest BCUT2D eigenvalue weighted by Gasteiger charge is -2.04. The van der Waals surface area contributed by atoms with E-state index < -0.39 is 0 Å². The molecule has 1 amide bonds. The summed E-state index contributed by atoms with van der Waals surface area (Å²) in [6, 6.07) is 15.0. The standard InChI is InChI=1S/C17H15ClN4OS/c1-11-5-7-12(8-6-11)16-20-17(22-21-16)24-10-15(23)19-14-4-2-3-13(18)9-14/h2-9H,10H2,1H3,(H,19,23)(H,20,21,22). The second kappa shape index (κ2) is 7.51. The molecule has 0 bridgehead atoms. The summed E-state index contributed by atoms with van der Waals surface area (Å²) in [6.45, 7) is 2.03. The summed E-state index contributed by atoms with van der Waals surface area (Å²) in [5.41, 5.74) is 2.82. The summed E-state index contributed by atoms with van der Waals surface area (Å²) in [5, 5.41) is 10.9. The zero-order valence-corrected chi connectivity index (χ0v) is 14.5. The molecule has 122 valence electrons. The van der Waals surface area contributed by atoms with Crippen LogP contribution in [-0.2, 0) is 4.79 Å². The number of aryl methyl sites for hydroxylation is 1. The van der Waals surface area contributed by atoms with Gasteiger partial charge in [0.05, 0.1) is 5.75 Å². The van der Waals surface area contributed by atoms with E-state index in [9.17, 15) is 4.79 Å². The zero-order chi connectivity index (χ0) is 16.9. The quantitative estimate of drug-likeness (QED) is 0.672. The summed E-state index contributed by atoms with van der Waals surface area (Å²) < 4.78 is 0. The first-order chi connectivity index (χ1) is 11.6. The predicted molar refractivity (Wildman–Crippen MR) is 97.4 cm³/mol. The number of thioether (sulfide) groups is 1. The van der Waals surface area contributed by atoms with Crippen molar-refractivity contribution in [3.8, 4) is 11.4 Å². The molecule has 2 N–H and O–H groups in total. The smallest absolute Gasteiger partial charge is 0.234 e. The number of aromatic amines is 1.